The lowest BCUT2D eigenvalue weighted by atomic mass is 9.95. The second-order valence-electron chi connectivity index (χ2n) is 10.9. The summed E-state index contributed by atoms with van der Waals surface area (Å²) in [4.78, 5) is 23.0. The van der Waals surface area contributed by atoms with Crippen molar-refractivity contribution in [3.8, 4) is 0 Å². The molecule has 1 saturated heterocycles. The van der Waals surface area contributed by atoms with E-state index in [1.807, 2.05) is 24.4 Å². The predicted octanol–water partition coefficient (Wildman–Crippen LogP) is 5.04. The van der Waals surface area contributed by atoms with Gasteiger partial charge >= 0.3 is 0 Å². The van der Waals surface area contributed by atoms with Gasteiger partial charge in [-0.3, -0.25) is 19.6 Å². The number of benzene rings is 1. The Labute approximate surface area is 233 Å². The number of hydrogen-bond donors (Lipinski definition) is 1. The summed E-state index contributed by atoms with van der Waals surface area (Å²) in [5, 5.41) is 3.99. The highest BCUT2D eigenvalue weighted by atomic mass is 79.9. The van der Waals surface area contributed by atoms with Crippen LogP contribution in [0.3, 0.4) is 0 Å². The quantitative estimate of drug-likeness (QED) is 0.441. The highest BCUT2D eigenvalue weighted by Crippen LogP contribution is 2.38. The van der Waals surface area contributed by atoms with Crippen molar-refractivity contribution in [2.75, 3.05) is 33.2 Å². The van der Waals surface area contributed by atoms with Gasteiger partial charge in [0.05, 0.1) is 11.7 Å². The van der Waals surface area contributed by atoms with Crippen LogP contribution in [0.5, 0.6) is 0 Å². The molecule has 1 aliphatic heterocycles. The molecule has 196 valence electrons. The standard InChI is InChI=1S/C29H35BrClN5O/c1-29(2,36-12-4-5-13-36)10-11-32-28(37)25-19-35(15-14-34(25)3)27-24-9-8-23(31)17-20(24)6-7-21-16-22(30)18-33-26(21)27/h4-5,8-9,12-13,16-18,25,27H,6-7,10-11,14-15,19H2,1-3H3,(H,32,37)/t25-,27?/m1/s1. The van der Waals surface area contributed by atoms with Gasteiger partial charge in [0.2, 0.25) is 5.91 Å². The molecule has 3 aromatic rings. The van der Waals surface area contributed by atoms with Crippen LogP contribution in [-0.2, 0) is 23.2 Å². The fourth-order valence-electron chi connectivity index (χ4n) is 5.67. The molecule has 6 nitrogen and oxygen atoms in total. The Bertz CT molecular complexity index is 1210. The molecule has 0 radical (unpaired) electrons. The maximum atomic E-state index is 13.4. The zero-order valence-corrected chi connectivity index (χ0v) is 24.1. The van der Waals surface area contributed by atoms with E-state index in [9.17, 15) is 4.79 Å². The minimum Gasteiger partial charge on any atom is -0.355 e. The number of nitrogens with zero attached hydrogens (tertiary/aromatic N) is 4. The number of fused-ring (bicyclic) bond motifs is 2. The second-order valence-corrected chi connectivity index (χ2v) is 12.2. The molecular formula is C29H35BrClN5O. The van der Waals surface area contributed by atoms with Crippen LogP contribution in [0.15, 0.2) is 59.5 Å². The normalized spacial score (nSPS) is 20.7. The van der Waals surface area contributed by atoms with E-state index in [2.05, 4.69) is 87.1 Å². The van der Waals surface area contributed by atoms with Gasteiger partial charge in [0.25, 0.3) is 0 Å². The molecule has 1 unspecified atom stereocenters. The Morgan fingerprint density at radius 3 is 2.70 bits per heavy atom. The molecule has 1 aromatic carbocycles. The predicted molar refractivity (Wildman–Crippen MR) is 152 cm³/mol. The third-order valence-corrected chi connectivity index (χ3v) is 8.65. The smallest absolute Gasteiger partial charge is 0.238 e. The number of carbonyl (C=O) groups is 1. The van der Waals surface area contributed by atoms with Crippen molar-refractivity contribution in [2.45, 2.75) is 50.7 Å². The van der Waals surface area contributed by atoms with Gasteiger partial charge in [0.1, 0.15) is 6.04 Å². The topological polar surface area (TPSA) is 53.4 Å². The first-order chi connectivity index (χ1) is 17.7. The summed E-state index contributed by atoms with van der Waals surface area (Å²) in [6, 6.07) is 12.3. The third kappa shape index (κ3) is 5.65. The van der Waals surface area contributed by atoms with E-state index in [0.29, 0.717) is 13.1 Å². The van der Waals surface area contributed by atoms with Crippen molar-refractivity contribution >= 4 is 33.4 Å². The van der Waals surface area contributed by atoms with Gasteiger partial charge in [-0.15, -0.1) is 0 Å². The van der Waals surface area contributed by atoms with Gasteiger partial charge in [0.15, 0.2) is 0 Å². The summed E-state index contributed by atoms with van der Waals surface area (Å²) >= 11 is 10.0. The van der Waals surface area contributed by atoms with Crippen molar-refractivity contribution < 1.29 is 4.79 Å². The maximum Gasteiger partial charge on any atom is 0.238 e. The number of amides is 1. The van der Waals surface area contributed by atoms with Crippen LogP contribution in [-0.4, -0.2) is 64.5 Å². The van der Waals surface area contributed by atoms with Gasteiger partial charge in [-0.25, -0.2) is 0 Å². The molecule has 37 heavy (non-hydrogen) atoms. The van der Waals surface area contributed by atoms with E-state index in [-0.39, 0.29) is 23.5 Å². The summed E-state index contributed by atoms with van der Waals surface area (Å²) in [6.07, 6.45) is 8.75. The monoisotopic (exact) mass is 583 g/mol. The Morgan fingerprint density at radius 1 is 1.16 bits per heavy atom. The van der Waals surface area contributed by atoms with E-state index >= 15 is 0 Å². The van der Waals surface area contributed by atoms with Gasteiger partial charge in [0, 0.05) is 59.8 Å². The molecule has 1 amide bonds. The zero-order chi connectivity index (χ0) is 26.2. The van der Waals surface area contributed by atoms with Gasteiger partial charge in [-0.2, -0.15) is 0 Å². The van der Waals surface area contributed by atoms with E-state index in [1.54, 1.807) is 0 Å². The van der Waals surface area contributed by atoms with Crippen molar-refractivity contribution in [1.82, 2.24) is 24.7 Å². The van der Waals surface area contributed by atoms with E-state index < -0.39 is 0 Å². The van der Waals surface area contributed by atoms with Crippen molar-refractivity contribution in [2.24, 2.45) is 0 Å². The van der Waals surface area contributed by atoms with Crippen LogP contribution in [0.1, 0.15) is 48.7 Å². The Hall–Kier alpha value is -2.19. The first kappa shape index (κ1) is 26.4. The van der Waals surface area contributed by atoms with Crippen LogP contribution < -0.4 is 5.32 Å². The van der Waals surface area contributed by atoms with Crippen molar-refractivity contribution in [3.63, 3.8) is 0 Å². The van der Waals surface area contributed by atoms with E-state index in [0.717, 1.165) is 47.5 Å². The largest absolute Gasteiger partial charge is 0.355 e. The van der Waals surface area contributed by atoms with Crippen LogP contribution in [0.2, 0.25) is 5.02 Å². The average Bonchev–Trinajstić information content (AvgIpc) is 3.37. The summed E-state index contributed by atoms with van der Waals surface area (Å²) in [5.41, 5.74) is 4.78. The van der Waals surface area contributed by atoms with Crippen LogP contribution in [0, 0.1) is 0 Å². The number of aryl methyl sites for hydroxylation is 2. The fourth-order valence-corrected chi connectivity index (χ4v) is 6.24. The number of piperazine rings is 1. The first-order valence-corrected chi connectivity index (χ1v) is 14.2. The average molecular weight is 585 g/mol. The SMILES string of the molecule is CN1CCN(C2c3ccc(Cl)cc3CCc3cc(Br)cnc32)C[C@@H]1C(=O)NCCC(C)(C)n1cccc1. The molecule has 0 spiro atoms. The molecule has 5 rings (SSSR count). The number of hydrogen-bond acceptors (Lipinski definition) is 4. The highest BCUT2D eigenvalue weighted by Gasteiger charge is 2.37. The van der Waals surface area contributed by atoms with Crippen molar-refractivity contribution in [3.05, 3.63) is 86.9 Å². The first-order valence-electron chi connectivity index (χ1n) is 13.0. The van der Waals surface area contributed by atoms with Gasteiger partial charge < -0.3 is 9.88 Å². The summed E-state index contributed by atoms with van der Waals surface area (Å²) in [5.74, 6) is 0.0875. The molecule has 3 heterocycles. The number of likely N-dealkylation sites (N-methyl/N-ethyl adjacent to an activating group) is 1. The van der Waals surface area contributed by atoms with Gasteiger partial charge in [-0.05, 0) is 103 Å². The lowest BCUT2D eigenvalue weighted by Crippen LogP contribution is -2.58. The van der Waals surface area contributed by atoms with E-state index in [1.165, 1.54) is 16.7 Å². The molecule has 2 atom stereocenters. The third-order valence-electron chi connectivity index (χ3n) is 7.98. The summed E-state index contributed by atoms with van der Waals surface area (Å²) in [6.45, 7) is 7.37. The number of pyridine rings is 1. The number of aromatic nitrogens is 2. The fraction of sp³-hybridized carbons (Fsp3) is 0.448. The van der Waals surface area contributed by atoms with Crippen LogP contribution >= 0.6 is 27.5 Å². The molecule has 1 aliphatic carbocycles. The Balaban J connectivity index is 1.36. The van der Waals surface area contributed by atoms with Crippen LogP contribution in [0.4, 0.5) is 0 Å². The molecule has 8 heteroatoms. The number of carbonyl (C=O) groups excluding carboxylic acids is 1. The number of halogens is 2. The lowest BCUT2D eigenvalue weighted by Gasteiger charge is -2.42. The zero-order valence-electron chi connectivity index (χ0n) is 21.8. The molecule has 1 N–H and O–H groups in total. The minimum atomic E-state index is -0.221. The molecule has 2 aliphatic rings. The lowest BCUT2D eigenvalue weighted by molar-refractivity contribution is -0.128. The minimum absolute atomic E-state index is 0.00505. The summed E-state index contributed by atoms with van der Waals surface area (Å²) in [7, 11) is 2.05. The molecule has 2 aromatic heterocycles. The van der Waals surface area contributed by atoms with Crippen LogP contribution in [0.25, 0.3) is 0 Å². The number of rotatable bonds is 6. The Kier molecular flexibility index (Phi) is 7.78. The van der Waals surface area contributed by atoms with Gasteiger partial charge in [-0.1, -0.05) is 17.7 Å². The molecule has 0 saturated carbocycles. The van der Waals surface area contributed by atoms with E-state index in [4.69, 9.17) is 16.6 Å². The van der Waals surface area contributed by atoms with Crippen molar-refractivity contribution in [1.29, 1.82) is 0 Å². The molecule has 0 bridgehead atoms. The Morgan fingerprint density at radius 2 is 1.92 bits per heavy atom. The second kappa shape index (κ2) is 10.9. The molecule has 1 fully saturated rings. The molecular weight excluding hydrogens is 550 g/mol. The highest BCUT2D eigenvalue weighted by molar-refractivity contribution is 9.10. The number of nitrogens with one attached hydrogen (secondary N) is 1. The summed E-state index contributed by atoms with van der Waals surface area (Å²) < 4.78 is 3.19. The maximum absolute atomic E-state index is 13.4.